The molecule has 6 nitrogen and oxygen atoms in total. The van der Waals surface area contributed by atoms with E-state index >= 15 is 0 Å². The van der Waals surface area contributed by atoms with Crippen molar-refractivity contribution in [2.45, 2.75) is 38.0 Å². The van der Waals surface area contributed by atoms with Gasteiger partial charge >= 0.3 is 0 Å². The van der Waals surface area contributed by atoms with Gasteiger partial charge in [0.2, 0.25) is 11.8 Å². The van der Waals surface area contributed by atoms with Crippen molar-refractivity contribution < 1.29 is 19.8 Å². The van der Waals surface area contributed by atoms with Crippen LogP contribution in [-0.4, -0.2) is 29.1 Å². The van der Waals surface area contributed by atoms with Crippen LogP contribution < -0.4 is 10.6 Å². The van der Waals surface area contributed by atoms with Crippen molar-refractivity contribution in [2.75, 3.05) is 12.4 Å². The molecule has 0 spiro atoms. The number of carbonyl (C=O) groups excluding carboxylic acids is 2. The molecule has 0 atom stereocenters. The Morgan fingerprint density at radius 1 is 1.03 bits per heavy atom. The molecule has 2 aromatic rings. The third kappa shape index (κ3) is 3.98. The van der Waals surface area contributed by atoms with Gasteiger partial charge in [0.05, 0.1) is 5.41 Å². The molecular formula is C25H25ClN2O4. The molecule has 0 aromatic heterocycles. The molecule has 0 heterocycles. The molecule has 2 amide bonds. The number of anilines is 1. The van der Waals surface area contributed by atoms with Gasteiger partial charge < -0.3 is 20.8 Å². The quantitative estimate of drug-likeness (QED) is 0.502. The largest absolute Gasteiger partial charge is 0.504 e. The van der Waals surface area contributed by atoms with E-state index in [2.05, 4.69) is 10.6 Å². The lowest BCUT2D eigenvalue weighted by Crippen LogP contribution is -2.27. The Hall–Kier alpha value is -3.25. The van der Waals surface area contributed by atoms with Crippen LogP contribution in [0.4, 0.5) is 5.69 Å². The first-order valence-electron chi connectivity index (χ1n) is 10.5. The van der Waals surface area contributed by atoms with Gasteiger partial charge in [-0.15, -0.1) is 0 Å². The predicted molar refractivity (Wildman–Crippen MR) is 125 cm³/mol. The van der Waals surface area contributed by atoms with Crippen LogP contribution in [0, 0.1) is 6.92 Å². The molecule has 166 valence electrons. The van der Waals surface area contributed by atoms with Crippen molar-refractivity contribution in [1.82, 2.24) is 5.32 Å². The van der Waals surface area contributed by atoms with Crippen LogP contribution in [0.25, 0.3) is 5.57 Å². The zero-order chi connectivity index (χ0) is 23.0. The summed E-state index contributed by atoms with van der Waals surface area (Å²) >= 11 is 6.37. The molecule has 2 aliphatic carbocycles. The summed E-state index contributed by atoms with van der Waals surface area (Å²) in [5.41, 5.74) is 4.27. The van der Waals surface area contributed by atoms with Crippen molar-refractivity contribution in [3.05, 3.63) is 69.8 Å². The Morgan fingerprint density at radius 3 is 2.41 bits per heavy atom. The van der Waals surface area contributed by atoms with Crippen LogP contribution in [0.15, 0.2) is 53.1 Å². The van der Waals surface area contributed by atoms with Gasteiger partial charge in [-0.1, -0.05) is 23.7 Å². The lowest BCUT2D eigenvalue weighted by molar-refractivity contribution is -0.118. The molecule has 0 bridgehead atoms. The Bertz CT molecular complexity index is 1180. The fraction of sp³-hybridized carbons (Fsp3) is 0.280. The molecule has 7 heteroatoms. The number of carbonyl (C=O) groups is 2. The minimum absolute atomic E-state index is 0.144. The molecule has 0 radical (unpaired) electrons. The zero-order valence-corrected chi connectivity index (χ0v) is 18.7. The number of benzene rings is 2. The van der Waals surface area contributed by atoms with Gasteiger partial charge in [0, 0.05) is 23.3 Å². The van der Waals surface area contributed by atoms with E-state index in [-0.39, 0.29) is 23.3 Å². The molecular weight excluding hydrogens is 428 g/mol. The van der Waals surface area contributed by atoms with Crippen molar-refractivity contribution in [2.24, 2.45) is 0 Å². The number of rotatable bonds is 5. The number of aryl methyl sites for hydroxylation is 1. The van der Waals surface area contributed by atoms with E-state index in [9.17, 15) is 19.8 Å². The van der Waals surface area contributed by atoms with Gasteiger partial charge in [0.25, 0.3) is 0 Å². The maximum Gasteiger partial charge on any atom is 0.248 e. The van der Waals surface area contributed by atoms with Crippen LogP contribution >= 0.6 is 11.6 Å². The molecule has 1 fully saturated rings. The molecule has 0 unspecified atom stereocenters. The van der Waals surface area contributed by atoms with Crippen LogP contribution in [0.3, 0.4) is 0 Å². The van der Waals surface area contributed by atoms with Crippen LogP contribution in [-0.2, 0) is 15.0 Å². The molecule has 1 saturated carbocycles. The van der Waals surface area contributed by atoms with E-state index in [4.69, 9.17) is 11.6 Å². The minimum Gasteiger partial charge on any atom is -0.504 e. The van der Waals surface area contributed by atoms with E-state index < -0.39 is 5.41 Å². The topological polar surface area (TPSA) is 98.7 Å². The van der Waals surface area contributed by atoms with Crippen molar-refractivity contribution in [3.63, 3.8) is 0 Å². The van der Waals surface area contributed by atoms with Crippen molar-refractivity contribution in [1.29, 1.82) is 0 Å². The number of phenolic OH excluding ortho intramolecular Hbond substituents is 2. The highest BCUT2D eigenvalue weighted by atomic mass is 35.5. The predicted octanol–water partition coefficient (Wildman–Crippen LogP) is 4.49. The Kier molecular flexibility index (Phi) is 5.73. The summed E-state index contributed by atoms with van der Waals surface area (Å²) in [6.45, 7) is 2.00. The molecule has 2 aliphatic rings. The Labute approximate surface area is 191 Å². The summed E-state index contributed by atoms with van der Waals surface area (Å²) in [5.74, 6) is -0.751. The Balaban J connectivity index is 1.59. The second kappa shape index (κ2) is 8.36. The molecule has 4 N–H and O–H groups in total. The third-order valence-corrected chi connectivity index (χ3v) is 6.63. The highest BCUT2D eigenvalue weighted by molar-refractivity contribution is 6.34. The number of likely N-dealkylation sites (N-methyl/N-ethyl adjacent to an activating group) is 1. The van der Waals surface area contributed by atoms with Gasteiger partial charge in [0.15, 0.2) is 11.5 Å². The fourth-order valence-corrected chi connectivity index (χ4v) is 4.48. The first-order valence-corrected chi connectivity index (χ1v) is 10.9. The number of nitrogens with one attached hydrogen (secondary N) is 2. The number of amides is 2. The van der Waals surface area contributed by atoms with Gasteiger partial charge in [0.1, 0.15) is 0 Å². The fourth-order valence-electron chi connectivity index (χ4n) is 4.17. The number of phenols is 2. The maximum absolute atomic E-state index is 13.1. The average molecular weight is 453 g/mol. The smallest absolute Gasteiger partial charge is 0.248 e. The zero-order valence-electron chi connectivity index (χ0n) is 18.0. The standard InChI is InChI=1S/C25H25ClN2O4/c1-14-3-6-17(13-19(14)15-4-7-18(20(26)11-15)23(31)27-2)28-24(32)25(9-10-25)16-5-8-21(29)22(30)12-16/h3,5-6,8,11-13,29-30H,4,7,9-10H2,1-2H3,(H,27,31)(H,28,32). The van der Waals surface area contributed by atoms with E-state index in [0.717, 1.165) is 16.7 Å². The number of halogens is 1. The lowest BCUT2D eigenvalue weighted by atomic mass is 9.90. The number of allylic oxidation sites excluding steroid dienone is 3. The normalized spacial score (nSPS) is 16.9. The van der Waals surface area contributed by atoms with Crippen molar-refractivity contribution >= 4 is 34.7 Å². The maximum atomic E-state index is 13.1. The SMILES string of the molecule is CNC(=O)C1=C(Cl)C=C(c2cc(NC(=O)C3(c4ccc(O)c(O)c4)CC3)ccc2C)CC1. The molecule has 2 aromatic carbocycles. The second-order valence-corrected chi connectivity index (χ2v) is 8.75. The van der Waals surface area contributed by atoms with Crippen LogP contribution in [0.1, 0.15) is 42.4 Å². The second-order valence-electron chi connectivity index (χ2n) is 8.34. The summed E-state index contributed by atoms with van der Waals surface area (Å²) in [5, 5.41) is 25.5. The van der Waals surface area contributed by atoms with Crippen LogP contribution in [0.2, 0.25) is 0 Å². The summed E-state index contributed by atoms with van der Waals surface area (Å²) in [6.07, 6.45) is 4.40. The van der Waals surface area contributed by atoms with Gasteiger partial charge in [-0.3, -0.25) is 9.59 Å². The number of hydrogen-bond donors (Lipinski definition) is 4. The highest BCUT2D eigenvalue weighted by Crippen LogP contribution is 2.50. The lowest BCUT2D eigenvalue weighted by Gasteiger charge is -2.20. The van der Waals surface area contributed by atoms with E-state index in [1.54, 1.807) is 13.1 Å². The number of aromatic hydroxyl groups is 2. The third-order valence-electron chi connectivity index (χ3n) is 6.29. The highest BCUT2D eigenvalue weighted by Gasteiger charge is 2.51. The summed E-state index contributed by atoms with van der Waals surface area (Å²) in [7, 11) is 1.58. The first-order chi connectivity index (χ1) is 15.2. The molecule has 0 aliphatic heterocycles. The van der Waals surface area contributed by atoms with Gasteiger partial charge in [-0.2, -0.15) is 0 Å². The van der Waals surface area contributed by atoms with E-state index in [1.807, 2.05) is 31.2 Å². The molecule has 32 heavy (non-hydrogen) atoms. The van der Waals surface area contributed by atoms with Gasteiger partial charge in [-0.05, 0) is 85.2 Å². The average Bonchev–Trinajstić information content (AvgIpc) is 3.58. The monoisotopic (exact) mass is 452 g/mol. The summed E-state index contributed by atoms with van der Waals surface area (Å²) in [6, 6.07) is 10.3. The summed E-state index contributed by atoms with van der Waals surface area (Å²) < 4.78 is 0. The van der Waals surface area contributed by atoms with E-state index in [0.29, 0.717) is 47.5 Å². The molecule has 4 rings (SSSR count). The number of hydrogen-bond acceptors (Lipinski definition) is 4. The Morgan fingerprint density at radius 2 is 1.78 bits per heavy atom. The minimum atomic E-state index is -0.700. The van der Waals surface area contributed by atoms with E-state index in [1.165, 1.54) is 12.1 Å². The molecule has 0 saturated heterocycles. The summed E-state index contributed by atoms with van der Waals surface area (Å²) in [4.78, 5) is 25.1. The van der Waals surface area contributed by atoms with Gasteiger partial charge in [-0.25, -0.2) is 0 Å². The van der Waals surface area contributed by atoms with Crippen LogP contribution in [0.5, 0.6) is 11.5 Å². The van der Waals surface area contributed by atoms with Crippen molar-refractivity contribution in [3.8, 4) is 11.5 Å². The first kappa shape index (κ1) is 22.0.